The molecule has 2 aliphatic rings. The lowest BCUT2D eigenvalue weighted by molar-refractivity contribution is -0.127. The van der Waals surface area contributed by atoms with E-state index in [2.05, 4.69) is 10.3 Å². The molecule has 8 nitrogen and oxygen atoms in total. The molecule has 158 valence electrons. The number of hydrogen-bond donors (Lipinski definition) is 1. The first-order chi connectivity index (χ1) is 14.3. The minimum atomic E-state index is -1.29. The van der Waals surface area contributed by atoms with Gasteiger partial charge in [-0.3, -0.25) is 14.5 Å². The molecule has 1 aromatic heterocycles. The van der Waals surface area contributed by atoms with Gasteiger partial charge in [-0.2, -0.15) is 0 Å². The number of carbonyl (C=O) groups excluding carboxylic acids is 3. The van der Waals surface area contributed by atoms with E-state index in [0.29, 0.717) is 5.69 Å². The van der Waals surface area contributed by atoms with Gasteiger partial charge >= 0.3 is 5.97 Å². The summed E-state index contributed by atoms with van der Waals surface area (Å²) in [6.07, 6.45) is 5.26. The van der Waals surface area contributed by atoms with Crippen molar-refractivity contribution in [3.8, 4) is 0 Å². The molecule has 2 heterocycles. The molecule has 0 saturated heterocycles. The van der Waals surface area contributed by atoms with Crippen molar-refractivity contribution in [2.24, 2.45) is 0 Å². The summed E-state index contributed by atoms with van der Waals surface area (Å²) in [7, 11) is 1.21. The van der Waals surface area contributed by atoms with E-state index in [-0.39, 0.29) is 29.9 Å². The Morgan fingerprint density at radius 3 is 2.53 bits per heavy atom. The summed E-state index contributed by atoms with van der Waals surface area (Å²) in [5, 5.41) is 3.06. The number of aromatic nitrogens is 2. The first-order valence-corrected chi connectivity index (χ1v) is 9.89. The van der Waals surface area contributed by atoms with Crippen molar-refractivity contribution in [2.45, 2.75) is 50.7 Å². The Balaban J connectivity index is 1.79. The van der Waals surface area contributed by atoms with Crippen molar-refractivity contribution in [1.82, 2.24) is 14.9 Å². The number of hydrogen-bond acceptors (Lipinski definition) is 5. The number of anilines is 1. The zero-order valence-electron chi connectivity index (χ0n) is 16.9. The summed E-state index contributed by atoms with van der Waals surface area (Å²) in [5.41, 5.74) is -1.02. The predicted molar refractivity (Wildman–Crippen MR) is 106 cm³/mol. The summed E-state index contributed by atoms with van der Waals surface area (Å²) in [6, 6.07) is 5.40. The molecule has 1 saturated carbocycles. The van der Waals surface area contributed by atoms with Gasteiger partial charge in [-0.25, -0.2) is 14.2 Å². The normalized spacial score (nSPS) is 21.4. The highest BCUT2D eigenvalue weighted by molar-refractivity contribution is 6.15. The number of fused-ring (bicyclic) bond motifs is 1. The van der Waals surface area contributed by atoms with Gasteiger partial charge in [0.2, 0.25) is 5.91 Å². The molecule has 4 rings (SSSR count). The van der Waals surface area contributed by atoms with Crippen LogP contribution in [0.25, 0.3) is 0 Å². The van der Waals surface area contributed by atoms with Gasteiger partial charge in [0.15, 0.2) is 5.69 Å². The minimum Gasteiger partial charge on any atom is -0.464 e. The number of esters is 1. The fraction of sp³-hybridized carbons (Fsp3) is 0.429. The van der Waals surface area contributed by atoms with Gasteiger partial charge in [0.05, 0.1) is 20.0 Å². The van der Waals surface area contributed by atoms with Crippen LogP contribution in [0.3, 0.4) is 0 Å². The van der Waals surface area contributed by atoms with Crippen LogP contribution >= 0.6 is 0 Å². The molecular weight excluding hydrogens is 391 g/mol. The molecule has 1 aliphatic heterocycles. The maximum absolute atomic E-state index is 13.5. The van der Waals surface area contributed by atoms with Crippen LogP contribution in [0.2, 0.25) is 0 Å². The van der Waals surface area contributed by atoms with E-state index >= 15 is 0 Å². The molecule has 1 fully saturated rings. The van der Waals surface area contributed by atoms with E-state index in [1.807, 2.05) is 0 Å². The zero-order valence-corrected chi connectivity index (χ0v) is 16.9. The second kappa shape index (κ2) is 7.55. The molecule has 9 heteroatoms. The maximum atomic E-state index is 13.5. The van der Waals surface area contributed by atoms with Gasteiger partial charge in [-0.05, 0) is 44.0 Å². The molecule has 1 aliphatic carbocycles. The van der Waals surface area contributed by atoms with Crippen LogP contribution in [-0.4, -0.2) is 46.0 Å². The standard InChI is InChI=1S/C21H23FN4O4/c1-21(20(29)24-14-5-3-4-6-14)11-25-12-23-16(19(28)30-2)17(25)18(27)26(21)15-9-7-13(22)8-10-15/h7-10,12,14H,3-6,11H2,1-2H3,(H,24,29)/t21-/m0/s1. The van der Waals surface area contributed by atoms with E-state index in [4.69, 9.17) is 4.74 Å². The van der Waals surface area contributed by atoms with Crippen molar-refractivity contribution in [3.63, 3.8) is 0 Å². The Kier molecular flexibility index (Phi) is 5.05. The van der Waals surface area contributed by atoms with Crippen LogP contribution in [0.15, 0.2) is 30.6 Å². The van der Waals surface area contributed by atoms with Gasteiger partial charge in [0.25, 0.3) is 5.91 Å². The fourth-order valence-corrected chi connectivity index (χ4v) is 4.28. The third kappa shape index (κ3) is 3.24. The number of carbonyl (C=O) groups is 3. The Labute approximate surface area is 173 Å². The first-order valence-electron chi connectivity index (χ1n) is 9.89. The van der Waals surface area contributed by atoms with Crippen LogP contribution in [0.5, 0.6) is 0 Å². The predicted octanol–water partition coefficient (Wildman–Crippen LogP) is 2.29. The molecular formula is C21H23FN4O4. The summed E-state index contributed by atoms with van der Waals surface area (Å²) in [4.78, 5) is 44.4. The minimum absolute atomic E-state index is 0.0392. The summed E-state index contributed by atoms with van der Waals surface area (Å²) in [6.45, 7) is 1.76. The molecule has 0 spiro atoms. The highest BCUT2D eigenvalue weighted by Gasteiger charge is 2.50. The van der Waals surface area contributed by atoms with Gasteiger partial charge in [-0.15, -0.1) is 0 Å². The van der Waals surface area contributed by atoms with Crippen molar-refractivity contribution < 1.29 is 23.5 Å². The van der Waals surface area contributed by atoms with Gasteiger partial charge < -0.3 is 14.6 Å². The number of imidazole rings is 1. The van der Waals surface area contributed by atoms with E-state index in [1.54, 1.807) is 6.92 Å². The number of nitrogens with zero attached hydrogens (tertiary/aromatic N) is 3. The Morgan fingerprint density at radius 2 is 1.90 bits per heavy atom. The largest absolute Gasteiger partial charge is 0.464 e. The van der Waals surface area contributed by atoms with Gasteiger partial charge in [0, 0.05) is 11.7 Å². The number of halogens is 1. The molecule has 0 unspecified atom stereocenters. The summed E-state index contributed by atoms with van der Waals surface area (Å²) < 4.78 is 19.8. The average Bonchev–Trinajstić information content (AvgIpc) is 3.38. The smallest absolute Gasteiger partial charge is 0.359 e. The second-order valence-corrected chi connectivity index (χ2v) is 7.91. The highest BCUT2D eigenvalue weighted by Crippen LogP contribution is 2.34. The van der Waals surface area contributed by atoms with Crippen molar-refractivity contribution in [3.05, 3.63) is 47.8 Å². The quantitative estimate of drug-likeness (QED) is 0.775. The zero-order chi connectivity index (χ0) is 21.5. The molecule has 2 aromatic rings. The van der Waals surface area contributed by atoms with Crippen LogP contribution < -0.4 is 10.2 Å². The number of rotatable bonds is 4. The fourth-order valence-electron chi connectivity index (χ4n) is 4.28. The highest BCUT2D eigenvalue weighted by atomic mass is 19.1. The lowest BCUT2D eigenvalue weighted by atomic mass is 9.93. The number of nitrogens with one attached hydrogen (secondary N) is 1. The number of methoxy groups -OCH3 is 1. The number of amides is 2. The van der Waals surface area contributed by atoms with E-state index in [1.165, 1.54) is 47.2 Å². The van der Waals surface area contributed by atoms with Crippen molar-refractivity contribution in [2.75, 3.05) is 12.0 Å². The molecule has 1 aromatic carbocycles. The second-order valence-electron chi connectivity index (χ2n) is 7.91. The van der Waals surface area contributed by atoms with E-state index in [9.17, 15) is 18.8 Å². The van der Waals surface area contributed by atoms with Crippen LogP contribution in [0, 0.1) is 5.82 Å². The third-order valence-electron chi connectivity index (χ3n) is 5.86. The van der Waals surface area contributed by atoms with Gasteiger partial charge in [0.1, 0.15) is 17.1 Å². The first kappa shape index (κ1) is 20.1. The molecule has 1 atom stereocenters. The lowest BCUT2D eigenvalue weighted by Crippen LogP contribution is -2.65. The van der Waals surface area contributed by atoms with E-state index < -0.39 is 23.2 Å². The number of benzene rings is 1. The molecule has 0 radical (unpaired) electrons. The molecule has 1 N–H and O–H groups in total. The SMILES string of the molecule is COC(=O)c1ncn2c1C(=O)N(c1ccc(F)cc1)[C@](C)(C(=O)NC1CCCC1)C2. The lowest BCUT2D eigenvalue weighted by Gasteiger charge is -2.44. The molecule has 0 bridgehead atoms. The van der Waals surface area contributed by atoms with Crippen LogP contribution in [0.4, 0.5) is 10.1 Å². The number of ether oxygens (including phenoxy) is 1. The molecule has 2 amide bonds. The van der Waals surface area contributed by atoms with E-state index in [0.717, 1.165) is 25.7 Å². The topological polar surface area (TPSA) is 93.5 Å². The van der Waals surface area contributed by atoms with Crippen LogP contribution in [0.1, 0.15) is 53.6 Å². The van der Waals surface area contributed by atoms with Gasteiger partial charge in [-0.1, -0.05) is 12.8 Å². The van der Waals surface area contributed by atoms with Crippen molar-refractivity contribution in [1.29, 1.82) is 0 Å². The van der Waals surface area contributed by atoms with Crippen molar-refractivity contribution >= 4 is 23.5 Å². The van der Waals surface area contributed by atoms with Crippen LogP contribution in [-0.2, 0) is 16.1 Å². The molecule has 30 heavy (non-hydrogen) atoms. The summed E-state index contributed by atoms with van der Waals surface area (Å²) >= 11 is 0. The summed E-state index contributed by atoms with van der Waals surface area (Å²) in [5.74, 6) is -2.07. The Morgan fingerprint density at radius 1 is 1.23 bits per heavy atom. The Bertz CT molecular complexity index is 997. The monoisotopic (exact) mass is 414 g/mol. The maximum Gasteiger partial charge on any atom is 0.359 e. The third-order valence-corrected chi connectivity index (χ3v) is 5.86. The Hall–Kier alpha value is -3.23. The average molecular weight is 414 g/mol.